The van der Waals surface area contributed by atoms with Crippen LogP contribution in [0.1, 0.15) is 18.5 Å². The van der Waals surface area contributed by atoms with Crippen molar-refractivity contribution in [2.75, 3.05) is 20.3 Å². The molecule has 20 heavy (non-hydrogen) atoms. The van der Waals surface area contributed by atoms with Gasteiger partial charge in [0.15, 0.2) is 0 Å². The topological polar surface area (TPSA) is 59.3 Å². The average molecular weight is 275 g/mol. The number of para-hydroxylation sites is 1. The Morgan fingerprint density at radius 2 is 2.10 bits per heavy atom. The highest BCUT2D eigenvalue weighted by molar-refractivity contribution is 5.31. The third-order valence-corrected chi connectivity index (χ3v) is 3.14. The van der Waals surface area contributed by atoms with Crippen molar-refractivity contribution >= 4 is 0 Å². The van der Waals surface area contributed by atoms with Gasteiger partial charge in [0.1, 0.15) is 0 Å². The quantitative estimate of drug-likeness (QED) is 0.804. The maximum absolute atomic E-state index is 9.62. The fraction of sp³-hybridized carbons (Fsp3) is 0.400. The highest BCUT2D eigenvalue weighted by Gasteiger charge is 2.10. The largest absolute Gasteiger partial charge is 0.389 e. The fourth-order valence-electron chi connectivity index (χ4n) is 1.96. The molecule has 0 bridgehead atoms. The molecule has 0 amide bonds. The molecule has 108 valence electrons. The number of nitrogens with zero attached hydrogens (tertiary/aromatic N) is 2. The van der Waals surface area contributed by atoms with E-state index in [-0.39, 0.29) is 6.04 Å². The standard InChI is InChI=1S/C15H21N3O2/c1-12(16-9-15(19)11-20-2)13-8-17-18(10-13)14-6-4-3-5-7-14/h3-8,10,12,15-16,19H,9,11H2,1-2H3. The Hall–Kier alpha value is -1.69. The second-order valence-electron chi connectivity index (χ2n) is 4.79. The summed E-state index contributed by atoms with van der Waals surface area (Å²) in [7, 11) is 1.58. The molecular weight excluding hydrogens is 254 g/mol. The average Bonchev–Trinajstić information content (AvgIpc) is 2.96. The van der Waals surface area contributed by atoms with Crippen molar-refractivity contribution in [1.82, 2.24) is 15.1 Å². The number of benzene rings is 1. The molecule has 0 aliphatic rings. The normalized spacial score (nSPS) is 14.2. The number of aromatic nitrogens is 2. The van der Waals surface area contributed by atoms with E-state index in [4.69, 9.17) is 4.74 Å². The molecule has 2 rings (SSSR count). The Balaban J connectivity index is 1.95. The second-order valence-corrected chi connectivity index (χ2v) is 4.79. The zero-order chi connectivity index (χ0) is 14.4. The number of ether oxygens (including phenoxy) is 1. The number of rotatable bonds is 7. The minimum atomic E-state index is -0.494. The van der Waals surface area contributed by atoms with E-state index in [1.807, 2.05) is 54.3 Å². The minimum absolute atomic E-state index is 0.124. The summed E-state index contributed by atoms with van der Waals surface area (Å²) in [5, 5.41) is 17.2. The predicted octanol–water partition coefficient (Wildman–Crippen LogP) is 1.53. The van der Waals surface area contributed by atoms with E-state index < -0.39 is 6.10 Å². The Morgan fingerprint density at radius 1 is 1.35 bits per heavy atom. The first kappa shape index (κ1) is 14.7. The van der Waals surface area contributed by atoms with E-state index >= 15 is 0 Å². The molecule has 2 aromatic rings. The van der Waals surface area contributed by atoms with Crippen LogP contribution in [0.25, 0.3) is 5.69 Å². The van der Waals surface area contributed by atoms with Crippen molar-refractivity contribution in [3.8, 4) is 5.69 Å². The molecule has 0 spiro atoms. The van der Waals surface area contributed by atoms with Gasteiger partial charge in [-0.25, -0.2) is 4.68 Å². The first-order valence-corrected chi connectivity index (χ1v) is 6.71. The number of aliphatic hydroxyl groups is 1. The van der Waals surface area contributed by atoms with Gasteiger partial charge in [-0.05, 0) is 19.1 Å². The van der Waals surface area contributed by atoms with E-state index in [1.54, 1.807) is 7.11 Å². The van der Waals surface area contributed by atoms with Crippen LogP contribution >= 0.6 is 0 Å². The van der Waals surface area contributed by atoms with Crippen molar-refractivity contribution in [3.63, 3.8) is 0 Å². The van der Waals surface area contributed by atoms with Gasteiger partial charge in [0.25, 0.3) is 0 Å². The minimum Gasteiger partial charge on any atom is -0.389 e. The number of methoxy groups -OCH3 is 1. The van der Waals surface area contributed by atoms with Crippen LogP contribution in [0, 0.1) is 0 Å². The van der Waals surface area contributed by atoms with Gasteiger partial charge in [-0.15, -0.1) is 0 Å². The lowest BCUT2D eigenvalue weighted by molar-refractivity contribution is 0.0630. The van der Waals surface area contributed by atoms with Crippen LogP contribution in [-0.2, 0) is 4.74 Å². The van der Waals surface area contributed by atoms with Crippen LogP contribution in [0.5, 0.6) is 0 Å². The Morgan fingerprint density at radius 3 is 2.80 bits per heavy atom. The lowest BCUT2D eigenvalue weighted by Crippen LogP contribution is -2.31. The molecule has 0 saturated carbocycles. The third-order valence-electron chi connectivity index (χ3n) is 3.14. The van der Waals surface area contributed by atoms with Crippen LogP contribution in [0.2, 0.25) is 0 Å². The van der Waals surface area contributed by atoms with Gasteiger partial charge in [0, 0.05) is 31.5 Å². The lowest BCUT2D eigenvalue weighted by atomic mass is 10.2. The summed E-state index contributed by atoms with van der Waals surface area (Å²) in [4.78, 5) is 0. The molecule has 1 aromatic heterocycles. The zero-order valence-corrected chi connectivity index (χ0v) is 11.9. The van der Waals surface area contributed by atoms with E-state index in [0.717, 1.165) is 11.3 Å². The highest BCUT2D eigenvalue weighted by Crippen LogP contribution is 2.14. The van der Waals surface area contributed by atoms with Crippen LogP contribution in [-0.4, -0.2) is 41.3 Å². The third kappa shape index (κ3) is 3.90. The first-order chi connectivity index (χ1) is 9.70. The van der Waals surface area contributed by atoms with Crippen LogP contribution in [0.15, 0.2) is 42.7 Å². The Kier molecular flexibility index (Phi) is 5.29. The summed E-state index contributed by atoms with van der Waals surface area (Å²) in [6, 6.07) is 10.1. The number of nitrogens with one attached hydrogen (secondary N) is 1. The van der Waals surface area contributed by atoms with Gasteiger partial charge >= 0.3 is 0 Å². The van der Waals surface area contributed by atoms with E-state index in [0.29, 0.717) is 13.2 Å². The van der Waals surface area contributed by atoms with Crippen molar-refractivity contribution < 1.29 is 9.84 Å². The van der Waals surface area contributed by atoms with E-state index in [9.17, 15) is 5.11 Å². The smallest absolute Gasteiger partial charge is 0.0897 e. The molecule has 2 N–H and O–H groups in total. The molecular formula is C15H21N3O2. The summed E-state index contributed by atoms with van der Waals surface area (Å²) >= 11 is 0. The number of hydrogen-bond donors (Lipinski definition) is 2. The predicted molar refractivity (Wildman–Crippen MR) is 77.9 cm³/mol. The van der Waals surface area contributed by atoms with Gasteiger partial charge in [-0.3, -0.25) is 0 Å². The maximum atomic E-state index is 9.62. The van der Waals surface area contributed by atoms with E-state index in [1.165, 1.54) is 0 Å². The van der Waals surface area contributed by atoms with Gasteiger partial charge in [0.2, 0.25) is 0 Å². The second kappa shape index (κ2) is 7.19. The van der Waals surface area contributed by atoms with E-state index in [2.05, 4.69) is 10.4 Å². The maximum Gasteiger partial charge on any atom is 0.0897 e. The molecule has 2 unspecified atom stereocenters. The summed E-state index contributed by atoms with van der Waals surface area (Å²) < 4.78 is 6.74. The molecule has 0 saturated heterocycles. The van der Waals surface area contributed by atoms with Gasteiger partial charge in [0.05, 0.1) is 24.6 Å². The Bertz CT molecular complexity index is 513. The van der Waals surface area contributed by atoms with Crippen molar-refractivity contribution in [1.29, 1.82) is 0 Å². The molecule has 1 aromatic carbocycles. The molecule has 0 fully saturated rings. The molecule has 0 radical (unpaired) electrons. The van der Waals surface area contributed by atoms with Gasteiger partial charge in [-0.1, -0.05) is 18.2 Å². The molecule has 5 nitrogen and oxygen atoms in total. The molecule has 2 atom stereocenters. The van der Waals surface area contributed by atoms with Crippen molar-refractivity contribution in [3.05, 3.63) is 48.3 Å². The molecule has 1 heterocycles. The number of hydrogen-bond acceptors (Lipinski definition) is 4. The monoisotopic (exact) mass is 275 g/mol. The van der Waals surface area contributed by atoms with Crippen molar-refractivity contribution in [2.24, 2.45) is 0 Å². The molecule has 0 aliphatic heterocycles. The van der Waals surface area contributed by atoms with Crippen LogP contribution in [0.3, 0.4) is 0 Å². The summed E-state index contributed by atoms with van der Waals surface area (Å²) in [5.74, 6) is 0. The first-order valence-electron chi connectivity index (χ1n) is 6.71. The SMILES string of the molecule is COCC(O)CNC(C)c1cnn(-c2ccccc2)c1. The lowest BCUT2D eigenvalue weighted by Gasteiger charge is -2.15. The fourth-order valence-corrected chi connectivity index (χ4v) is 1.96. The van der Waals surface area contributed by atoms with Crippen LogP contribution < -0.4 is 5.32 Å². The summed E-state index contributed by atoms with van der Waals surface area (Å²) in [6.45, 7) is 2.88. The summed E-state index contributed by atoms with van der Waals surface area (Å²) in [5.41, 5.74) is 2.11. The Labute approximate surface area is 119 Å². The zero-order valence-electron chi connectivity index (χ0n) is 11.9. The van der Waals surface area contributed by atoms with Gasteiger partial charge in [-0.2, -0.15) is 5.10 Å². The van der Waals surface area contributed by atoms with Crippen molar-refractivity contribution in [2.45, 2.75) is 19.1 Å². The summed E-state index contributed by atoms with van der Waals surface area (Å²) in [6.07, 6.45) is 3.34. The number of aliphatic hydroxyl groups excluding tert-OH is 1. The molecule has 0 aliphatic carbocycles. The van der Waals surface area contributed by atoms with Crippen LogP contribution in [0.4, 0.5) is 0 Å². The highest BCUT2D eigenvalue weighted by atomic mass is 16.5. The van der Waals surface area contributed by atoms with Gasteiger partial charge < -0.3 is 15.2 Å². The molecule has 5 heteroatoms.